The average Bonchev–Trinajstić information content (AvgIpc) is 3.46. The maximum absolute atomic E-state index is 14.2. The molecule has 0 aliphatic heterocycles. The van der Waals surface area contributed by atoms with Crippen molar-refractivity contribution in [3.05, 3.63) is 147 Å². The zero-order valence-electron chi connectivity index (χ0n) is 26.4. The first kappa shape index (κ1) is 33.5. The van der Waals surface area contributed by atoms with E-state index in [1.807, 2.05) is 72.8 Å². The summed E-state index contributed by atoms with van der Waals surface area (Å²) < 4.78 is 5.49. The van der Waals surface area contributed by atoms with Gasteiger partial charge in [-0.1, -0.05) is 90.5 Å². The molecule has 2 amide bonds. The highest BCUT2D eigenvalue weighted by atomic mass is 35.5. The third-order valence-electron chi connectivity index (χ3n) is 8.24. The topological polar surface area (TPSA) is 84.5 Å². The minimum Gasteiger partial charge on any atom is -0.462 e. The third-order valence-corrected chi connectivity index (χ3v) is 10.9. The van der Waals surface area contributed by atoms with Crippen molar-refractivity contribution in [2.24, 2.45) is 0 Å². The molecule has 6 nitrogen and oxygen atoms in total. The fourth-order valence-electron chi connectivity index (χ4n) is 5.96. The number of nitrogens with one attached hydrogen (secondary N) is 2. The fourth-order valence-corrected chi connectivity index (χ4v) is 8.49. The molecule has 4 aromatic carbocycles. The van der Waals surface area contributed by atoms with E-state index in [0.29, 0.717) is 27.2 Å². The highest BCUT2D eigenvalue weighted by molar-refractivity contribution is 8.00. The Hall–Kier alpha value is -4.37. The van der Waals surface area contributed by atoms with E-state index in [-0.39, 0.29) is 24.8 Å². The van der Waals surface area contributed by atoms with Crippen LogP contribution in [0.1, 0.15) is 62.0 Å². The van der Waals surface area contributed by atoms with Crippen molar-refractivity contribution >= 4 is 63.2 Å². The Balaban J connectivity index is 1.23. The van der Waals surface area contributed by atoms with E-state index >= 15 is 0 Å². The molecule has 244 valence electrons. The van der Waals surface area contributed by atoms with Crippen molar-refractivity contribution in [1.82, 2.24) is 0 Å². The second kappa shape index (κ2) is 15.7. The monoisotopic (exact) mass is 694 g/mol. The van der Waals surface area contributed by atoms with Crippen LogP contribution >= 0.6 is 34.7 Å². The van der Waals surface area contributed by atoms with Crippen LogP contribution in [0.3, 0.4) is 0 Å². The summed E-state index contributed by atoms with van der Waals surface area (Å²) in [6.07, 6.45) is 2.67. The van der Waals surface area contributed by atoms with E-state index in [2.05, 4.69) is 34.9 Å². The van der Waals surface area contributed by atoms with Crippen LogP contribution in [0.4, 0.5) is 10.7 Å². The molecule has 0 fully saturated rings. The number of thiophene rings is 1. The summed E-state index contributed by atoms with van der Waals surface area (Å²) in [6.45, 7) is 2.04. The van der Waals surface area contributed by atoms with Gasteiger partial charge in [0.05, 0.1) is 18.6 Å². The summed E-state index contributed by atoms with van der Waals surface area (Å²) in [5, 5.41) is 6.63. The molecule has 1 aliphatic carbocycles. The van der Waals surface area contributed by atoms with Crippen LogP contribution in [-0.4, -0.2) is 24.4 Å². The number of anilines is 2. The predicted molar refractivity (Wildman–Crippen MR) is 195 cm³/mol. The van der Waals surface area contributed by atoms with Gasteiger partial charge in [0.1, 0.15) is 10.3 Å². The maximum atomic E-state index is 14.2. The fraction of sp³-hybridized carbons (Fsp3) is 0.205. The highest BCUT2D eigenvalue weighted by Gasteiger charge is 2.32. The van der Waals surface area contributed by atoms with Gasteiger partial charge in [-0.3, -0.25) is 9.59 Å². The Labute approximate surface area is 293 Å². The number of carbonyl (C=O) groups is 3. The third kappa shape index (κ3) is 8.19. The Morgan fingerprint density at radius 1 is 0.917 bits per heavy atom. The largest absolute Gasteiger partial charge is 0.462 e. The van der Waals surface area contributed by atoms with Crippen LogP contribution in [-0.2, 0) is 33.6 Å². The number of amides is 2. The van der Waals surface area contributed by atoms with E-state index in [0.717, 1.165) is 45.7 Å². The Kier molecular flexibility index (Phi) is 11.0. The molecule has 0 saturated heterocycles. The molecule has 9 heteroatoms. The first-order valence-corrected chi connectivity index (χ1v) is 18.0. The lowest BCUT2D eigenvalue weighted by molar-refractivity contribution is -0.116. The van der Waals surface area contributed by atoms with Gasteiger partial charge in [0.25, 0.3) is 0 Å². The minimum atomic E-state index is -0.627. The predicted octanol–water partition coefficient (Wildman–Crippen LogP) is 9.50. The smallest absolute Gasteiger partial charge is 0.341 e. The van der Waals surface area contributed by atoms with Crippen LogP contribution in [0, 0.1) is 0 Å². The summed E-state index contributed by atoms with van der Waals surface area (Å²) in [4.78, 5) is 42.2. The van der Waals surface area contributed by atoms with Crippen molar-refractivity contribution in [2.45, 2.75) is 48.7 Å². The van der Waals surface area contributed by atoms with E-state index in [4.69, 9.17) is 16.3 Å². The molecule has 0 radical (unpaired) electrons. The van der Waals surface area contributed by atoms with Crippen LogP contribution in [0.15, 0.2) is 114 Å². The zero-order chi connectivity index (χ0) is 33.5. The molecular formula is C39H35ClN2O4S2. The lowest BCUT2D eigenvalue weighted by Gasteiger charge is -2.23. The summed E-state index contributed by atoms with van der Waals surface area (Å²) in [7, 11) is 0. The molecular weight excluding hydrogens is 660 g/mol. The van der Waals surface area contributed by atoms with Gasteiger partial charge < -0.3 is 15.4 Å². The molecule has 2 N–H and O–H groups in total. The second-order valence-electron chi connectivity index (χ2n) is 11.6. The van der Waals surface area contributed by atoms with Gasteiger partial charge in [-0.2, -0.15) is 0 Å². The molecule has 1 heterocycles. The second-order valence-corrected chi connectivity index (χ2v) is 14.3. The lowest BCUT2D eigenvalue weighted by atomic mass is 9.83. The van der Waals surface area contributed by atoms with Crippen molar-refractivity contribution in [3.8, 4) is 0 Å². The summed E-state index contributed by atoms with van der Waals surface area (Å²) >= 11 is 8.84. The number of halogens is 1. The van der Waals surface area contributed by atoms with Crippen molar-refractivity contribution in [1.29, 1.82) is 0 Å². The SMILES string of the molecule is CCOC(=O)c1c(NC(=O)C(Sc2cccc(NC(=O)Cc3ccc(Cl)cc3)c2)c2ccccc2)sc2c1CCC(c1ccccc1)C2. The highest BCUT2D eigenvalue weighted by Crippen LogP contribution is 2.44. The summed E-state index contributed by atoms with van der Waals surface area (Å²) in [5.74, 6) is -0.455. The number of rotatable bonds is 11. The van der Waals surface area contributed by atoms with E-state index in [1.54, 1.807) is 19.1 Å². The van der Waals surface area contributed by atoms with E-state index in [1.165, 1.54) is 28.7 Å². The summed E-state index contributed by atoms with van der Waals surface area (Å²) in [6, 6.07) is 34.7. The van der Waals surface area contributed by atoms with Crippen molar-refractivity contribution < 1.29 is 19.1 Å². The quantitative estimate of drug-likeness (QED) is 0.106. The van der Waals surface area contributed by atoms with Crippen LogP contribution in [0.5, 0.6) is 0 Å². The Morgan fingerprint density at radius 3 is 2.38 bits per heavy atom. The number of fused-ring (bicyclic) bond motifs is 1. The molecule has 2 atom stereocenters. The van der Waals surface area contributed by atoms with Gasteiger partial charge >= 0.3 is 5.97 Å². The first-order chi connectivity index (χ1) is 23.4. The van der Waals surface area contributed by atoms with E-state index in [9.17, 15) is 14.4 Å². The number of carbonyl (C=O) groups excluding carboxylic acids is 3. The molecule has 0 spiro atoms. The average molecular weight is 695 g/mol. The van der Waals surface area contributed by atoms with Gasteiger partial charge in [-0.05, 0) is 84.7 Å². The molecule has 0 bridgehead atoms. The number of hydrogen-bond donors (Lipinski definition) is 2. The molecule has 6 rings (SSSR count). The Bertz CT molecular complexity index is 1890. The molecule has 1 aliphatic rings. The number of hydrogen-bond acceptors (Lipinski definition) is 6. The van der Waals surface area contributed by atoms with Crippen LogP contribution in [0.25, 0.3) is 0 Å². The first-order valence-electron chi connectivity index (χ1n) is 15.9. The number of benzene rings is 4. The molecule has 5 aromatic rings. The van der Waals surface area contributed by atoms with Gasteiger partial charge in [0.2, 0.25) is 11.8 Å². The van der Waals surface area contributed by atoms with Gasteiger partial charge in [-0.25, -0.2) is 4.79 Å². The molecule has 2 unspecified atom stereocenters. The number of ether oxygens (including phenoxy) is 1. The molecule has 48 heavy (non-hydrogen) atoms. The molecule has 1 aromatic heterocycles. The lowest BCUT2D eigenvalue weighted by Crippen LogP contribution is -2.21. The van der Waals surface area contributed by atoms with Crippen molar-refractivity contribution in [2.75, 3.05) is 17.2 Å². The number of esters is 1. The normalized spacial score (nSPS) is 14.4. The maximum Gasteiger partial charge on any atom is 0.341 e. The zero-order valence-corrected chi connectivity index (χ0v) is 28.8. The molecule has 0 saturated carbocycles. The van der Waals surface area contributed by atoms with Gasteiger partial charge in [0.15, 0.2) is 0 Å². The minimum absolute atomic E-state index is 0.153. The number of thioether (sulfide) groups is 1. The Morgan fingerprint density at radius 2 is 1.65 bits per heavy atom. The van der Waals surface area contributed by atoms with Gasteiger partial charge in [0, 0.05) is 20.5 Å². The van der Waals surface area contributed by atoms with Gasteiger partial charge in [-0.15, -0.1) is 23.1 Å². The van der Waals surface area contributed by atoms with Crippen LogP contribution in [0.2, 0.25) is 5.02 Å². The standard InChI is InChI=1S/C39H35ClN2O4S2/c1-2-46-39(45)35-32-21-18-28(26-10-5-3-6-11-26)23-33(32)48-38(35)42-37(44)36(27-12-7-4-8-13-27)47-31-15-9-14-30(24-31)41-34(43)22-25-16-19-29(40)20-17-25/h3-17,19-20,24,28,36H,2,18,21-23H2,1H3,(H,41,43)(H,42,44). The van der Waals surface area contributed by atoms with E-state index < -0.39 is 11.2 Å². The summed E-state index contributed by atoms with van der Waals surface area (Å²) in [5.41, 5.74) is 5.04. The van der Waals surface area contributed by atoms with Crippen molar-refractivity contribution in [3.63, 3.8) is 0 Å². The van der Waals surface area contributed by atoms with Crippen LogP contribution < -0.4 is 10.6 Å².